The van der Waals surface area contributed by atoms with Crippen molar-refractivity contribution in [2.45, 2.75) is 0 Å². The summed E-state index contributed by atoms with van der Waals surface area (Å²) in [5.74, 6) is 0.308. The maximum absolute atomic E-state index is 5.75. The Morgan fingerprint density at radius 2 is 1.26 bits per heavy atom. The van der Waals surface area contributed by atoms with Gasteiger partial charge in [-0.2, -0.15) is 15.0 Å². The molecule has 0 spiro atoms. The highest BCUT2D eigenvalue weighted by atomic mass is 35.5. The number of aromatic nitrogens is 3. The lowest BCUT2D eigenvalue weighted by Gasteiger charge is -2.05. The van der Waals surface area contributed by atoms with Crippen LogP contribution in [0.1, 0.15) is 11.1 Å². The molecule has 0 aliphatic rings. The van der Waals surface area contributed by atoms with E-state index in [2.05, 4.69) is 44.6 Å². The van der Waals surface area contributed by atoms with Gasteiger partial charge in [-0.1, -0.05) is 54.6 Å². The molecule has 0 bridgehead atoms. The molecule has 3 rings (SSSR count). The van der Waals surface area contributed by atoms with Gasteiger partial charge in [-0.3, -0.25) is 0 Å². The first-order valence-corrected chi connectivity index (χ1v) is 7.62. The lowest BCUT2D eigenvalue weighted by molar-refractivity contribution is 1.05. The third-order valence-electron chi connectivity index (χ3n) is 3.02. The molecule has 23 heavy (non-hydrogen) atoms. The molecule has 0 aliphatic heterocycles. The van der Waals surface area contributed by atoms with Crippen LogP contribution in [0, 0.1) is 0 Å². The number of halogens is 2. The molecule has 0 radical (unpaired) electrons. The van der Waals surface area contributed by atoms with Gasteiger partial charge in [0.05, 0.1) is 0 Å². The molecule has 114 valence electrons. The molecular weight excluding hydrogens is 331 g/mol. The summed E-state index contributed by atoms with van der Waals surface area (Å²) in [5, 5.41) is 3.13. The van der Waals surface area contributed by atoms with E-state index in [9.17, 15) is 0 Å². The second kappa shape index (κ2) is 7.22. The SMILES string of the molecule is Clc1nc(Cl)nc(Nc2ccc(C=Cc3ccccc3)cc2)n1. The molecule has 0 saturated heterocycles. The summed E-state index contributed by atoms with van der Waals surface area (Å²) in [5.41, 5.74) is 3.08. The van der Waals surface area contributed by atoms with Crippen LogP contribution in [0.5, 0.6) is 0 Å². The van der Waals surface area contributed by atoms with Crippen molar-refractivity contribution < 1.29 is 0 Å². The summed E-state index contributed by atoms with van der Waals surface area (Å²) in [6.45, 7) is 0. The van der Waals surface area contributed by atoms with Crippen molar-refractivity contribution in [3.8, 4) is 0 Å². The number of anilines is 2. The Labute approximate surface area is 143 Å². The lowest BCUT2D eigenvalue weighted by Crippen LogP contribution is -1.99. The Hall–Kier alpha value is -2.43. The molecule has 6 heteroatoms. The van der Waals surface area contributed by atoms with Crippen molar-refractivity contribution in [1.82, 2.24) is 15.0 Å². The number of benzene rings is 2. The molecule has 0 fully saturated rings. The minimum atomic E-state index is 0.0508. The molecule has 2 aromatic carbocycles. The molecule has 0 saturated carbocycles. The second-order valence-electron chi connectivity index (χ2n) is 4.69. The highest BCUT2D eigenvalue weighted by Crippen LogP contribution is 2.17. The first-order valence-electron chi connectivity index (χ1n) is 6.86. The first-order chi connectivity index (χ1) is 11.2. The summed E-state index contributed by atoms with van der Waals surface area (Å²) >= 11 is 11.5. The van der Waals surface area contributed by atoms with E-state index in [1.165, 1.54) is 0 Å². The van der Waals surface area contributed by atoms with E-state index in [1.54, 1.807) is 0 Å². The van der Waals surface area contributed by atoms with Gasteiger partial charge in [-0.25, -0.2) is 0 Å². The van der Waals surface area contributed by atoms with Gasteiger partial charge in [0, 0.05) is 5.69 Å². The van der Waals surface area contributed by atoms with Gasteiger partial charge in [0.15, 0.2) is 0 Å². The highest BCUT2D eigenvalue weighted by molar-refractivity contribution is 6.31. The van der Waals surface area contributed by atoms with Gasteiger partial charge >= 0.3 is 0 Å². The van der Waals surface area contributed by atoms with Crippen LogP contribution in [0.3, 0.4) is 0 Å². The summed E-state index contributed by atoms with van der Waals surface area (Å²) in [6.07, 6.45) is 4.11. The van der Waals surface area contributed by atoms with Gasteiger partial charge in [0.2, 0.25) is 16.5 Å². The van der Waals surface area contributed by atoms with Gasteiger partial charge in [0.25, 0.3) is 0 Å². The number of rotatable bonds is 4. The van der Waals surface area contributed by atoms with Crippen LogP contribution in [0.15, 0.2) is 54.6 Å². The maximum atomic E-state index is 5.75. The molecule has 4 nitrogen and oxygen atoms in total. The number of nitrogens with zero attached hydrogens (tertiary/aromatic N) is 3. The Balaban J connectivity index is 1.71. The maximum Gasteiger partial charge on any atom is 0.232 e. The zero-order valence-electron chi connectivity index (χ0n) is 11.9. The number of hydrogen-bond acceptors (Lipinski definition) is 4. The van der Waals surface area contributed by atoms with Crippen LogP contribution in [0.25, 0.3) is 12.2 Å². The normalized spacial score (nSPS) is 10.9. The minimum Gasteiger partial charge on any atom is -0.324 e. The summed E-state index contributed by atoms with van der Waals surface area (Å²) < 4.78 is 0. The van der Waals surface area contributed by atoms with Crippen LogP contribution in [-0.4, -0.2) is 15.0 Å². The van der Waals surface area contributed by atoms with E-state index >= 15 is 0 Å². The van der Waals surface area contributed by atoms with Crippen LogP contribution in [0.2, 0.25) is 10.6 Å². The van der Waals surface area contributed by atoms with Crippen molar-refractivity contribution in [2.24, 2.45) is 0 Å². The fourth-order valence-corrected chi connectivity index (χ4v) is 2.31. The predicted molar refractivity (Wildman–Crippen MR) is 94.9 cm³/mol. The fraction of sp³-hybridized carbons (Fsp3) is 0. The van der Waals surface area contributed by atoms with Gasteiger partial charge in [-0.05, 0) is 46.5 Å². The van der Waals surface area contributed by atoms with Gasteiger partial charge < -0.3 is 5.32 Å². The monoisotopic (exact) mass is 342 g/mol. The largest absolute Gasteiger partial charge is 0.324 e. The quantitative estimate of drug-likeness (QED) is 0.670. The Kier molecular flexibility index (Phi) is 4.86. The van der Waals surface area contributed by atoms with Crippen LogP contribution in [0.4, 0.5) is 11.6 Å². The molecular formula is C17H12Cl2N4. The van der Waals surface area contributed by atoms with Crippen LogP contribution in [-0.2, 0) is 0 Å². The average molecular weight is 343 g/mol. The standard InChI is InChI=1S/C17H12Cl2N4/c18-15-21-16(19)23-17(22-15)20-14-10-8-13(9-11-14)7-6-12-4-2-1-3-5-12/h1-11H,(H,20,21,22,23). The van der Waals surface area contributed by atoms with E-state index in [-0.39, 0.29) is 10.6 Å². The zero-order chi connectivity index (χ0) is 16.1. The summed E-state index contributed by atoms with van der Waals surface area (Å²) in [7, 11) is 0. The molecule has 0 atom stereocenters. The molecule has 0 aliphatic carbocycles. The van der Waals surface area contributed by atoms with E-state index in [0.29, 0.717) is 5.95 Å². The van der Waals surface area contributed by atoms with E-state index in [1.807, 2.05) is 42.5 Å². The Morgan fingerprint density at radius 3 is 1.87 bits per heavy atom. The smallest absolute Gasteiger partial charge is 0.232 e. The van der Waals surface area contributed by atoms with Crippen molar-refractivity contribution in [2.75, 3.05) is 5.32 Å². The first kappa shape index (κ1) is 15.5. The van der Waals surface area contributed by atoms with Gasteiger partial charge in [-0.15, -0.1) is 0 Å². The molecule has 1 heterocycles. The van der Waals surface area contributed by atoms with Crippen molar-refractivity contribution in [3.05, 3.63) is 76.3 Å². The van der Waals surface area contributed by atoms with Crippen LogP contribution >= 0.6 is 23.2 Å². The predicted octanol–water partition coefficient (Wildman–Crippen LogP) is 5.09. The van der Waals surface area contributed by atoms with E-state index in [4.69, 9.17) is 23.2 Å². The third-order valence-corrected chi connectivity index (χ3v) is 3.35. The number of nitrogens with one attached hydrogen (secondary N) is 1. The van der Waals surface area contributed by atoms with E-state index < -0.39 is 0 Å². The zero-order valence-corrected chi connectivity index (χ0v) is 13.5. The molecule has 1 N–H and O–H groups in total. The molecule has 0 unspecified atom stereocenters. The van der Waals surface area contributed by atoms with E-state index in [0.717, 1.165) is 16.8 Å². The van der Waals surface area contributed by atoms with Crippen molar-refractivity contribution in [3.63, 3.8) is 0 Å². The highest BCUT2D eigenvalue weighted by Gasteiger charge is 2.03. The average Bonchev–Trinajstić information content (AvgIpc) is 2.54. The minimum absolute atomic E-state index is 0.0508. The number of hydrogen-bond donors (Lipinski definition) is 1. The second-order valence-corrected chi connectivity index (χ2v) is 5.36. The lowest BCUT2D eigenvalue weighted by atomic mass is 10.1. The summed E-state index contributed by atoms with van der Waals surface area (Å²) in [4.78, 5) is 11.6. The molecule has 0 amide bonds. The third kappa shape index (κ3) is 4.52. The molecule has 3 aromatic rings. The topological polar surface area (TPSA) is 50.7 Å². The van der Waals surface area contributed by atoms with Crippen LogP contribution < -0.4 is 5.32 Å². The molecule has 1 aromatic heterocycles. The summed E-state index contributed by atoms with van der Waals surface area (Å²) in [6, 6.07) is 18.0. The fourth-order valence-electron chi connectivity index (χ4n) is 1.95. The Morgan fingerprint density at radius 1 is 0.696 bits per heavy atom. The van der Waals surface area contributed by atoms with Gasteiger partial charge in [0.1, 0.15) is 0 Å². The van der Waals surface area contributed by atoms with Crippen molar-refractivity contribution in [1.29, 1.82) is 0 Å². The van der Waals surface area contributed by atoms with Crippen molar-refractivity contribution >= 4 is 47.0 Å². The Bertz CT molecular complexity index is 798.